The van der Waals surface area contributed by atoms with E-state index in [1.165, 1.54) is 34.8 Å². The molecule has 7 nitrogen and oxygen atoms in total. The van der Waals surface area contributed by atoms with E-state index in [1.807, 2.05) is 0 Å². The van der Waals surface area contributed by atoms with Gasteiger partial charge in [-0.05, 0) is 66.2 Å². The summed E-state index contributed by atoms with van der Waals surface area (Å²) in [6, 6.07) is 19.6. The Morgan fingerprint density at radius 1 is 0.868 bits per heavy atom. The third kappa shape index (κ3) is 6.70. The van der Waals surface area contributed by atoms with Gasteiger partial charge in [0.1, 0.15) is 28.7 Å². The van der Waals surface area contributed by atoms with Crippen LogP contribution in [0.15, 0.2) is 87.1 Å². The van der Waals surface area contributed by atoms with Crippen LogP contribution in [-0.2, 0) is 23.1 Å². The molecule has 0 aliphatic rings. The number of ether oxygens (including phenoxy) is 2. The second-order valence-corrected chi connectivity index (χ2v) is 11.3. The largest absolute Gasteiger partial charge is 0.497 e. The van der Waals surface area contributed by atoms with Crippen molar-refractivity contribution >= 4 is 56.7 Å². The van der Waals surface area contributed by atoms with E-state index in [0.29, 0.717) is 49.3 Å². The maximum absolute atomic E-state index is 13.6. The first-order valence-electron chi connectivity index (χ1n) is 11.2. The normalized spacial score (nSPS) is 11.8. The average molecular weight is 594 g/mol. The Morgan fingerprint density at radius 3 is 2.32 bits per heavy atom. The Hall–Kier alpha value is -3.01. The number of nitrogens with zero attached hydrogens (tertiary/aromatic N) is 2. The van der Waals surface area contributed by atoms with Gasteiger partial charge in [-0.1, -0.05) is 40.9 Å². The first kappa shape index (κ1) is 28.0. The van der Waals surface area contributed by atoms with Crippen molar-refractivity contribution in [3.63, 3.8) is 0 Å². The minimum atomic E-state index is -3.92. The first-order chi connectivity index (χ1) is 18.2. The molecule has 3 aromatic carbocycles. The Bertz CT molecular complexity index is 1550. The third-order valence-electron chi connectivity index (χ3n) is 5.53. The fourth-order valence-electron chi connectivity index (χ4n) is 3.57. The van der Waals surface area contributed by atoms with Gasteiger partial charge in [0.2, 0.25) is 10.0 Å². The van der Waals surface area contributed by atoms with Crippen molar-refractivity contribution in [2.24, 2.45) is 4.99 Å². The minimum absolute atomic E-state index is 0.0367. The lowest BCUT2D eigenvalue weighted by Gasteiger charge is -2.22. The van der Waals surface area contributed by atoms with Gasteiger partial charge in [-0.25, -0.2) is 13.4 Å². The van der Waals surface area contributed by atoms with Crippen molar-refractivity contribution in [1.29, 1.82) is 0 Å². The van der Waals surface area contributed by atoms with Gasteiger partial charge in [0.15, 0.2) is 0 Å². The van der Waals surface area contributed by atoms with Gasteiger partial charge in [0, 0.05) is 17.6 Å². The van der Waals surface area contributed by atoms with Crippen molar-refractivity contribution in [2.45, 2.75) is 18.0 Å². The molecule has 0 saturated heterocycles. The molecule has 1 heterocycles. The van der Waals surface area contributed by atoms with Crippen LogP contribution in [0.2, 0.25) is 15.1 Å². The van der Waals surface area contributed by atoms with E-state index in [9.17, 15) is 8.42 Å². The van der Waals surface area contributed by atoms with Crippen LogP contribution < -0.4 is 9.47 Å². The molecule has 0 unspecified atom stereocenters. The molecule has 38 heavy (non-hydrogen) atoms. The van der Waals surface area contributed by atoms with E-state index in [1.54, 1.807) is 62.8 Å². The summed E-state index contributed by atoms with van der Waals surface area (Å²) in [6.45, 7) is -0.0000788. The second kappa shape index (κ2) is 12.2. The number of benzene rings is 3. The number of rotatable bonds is 10. The number of aliphatic imine (C=N–C) groups is 1. The lowest BCUT2D eigenvalue weighted by atomic mass is 10.2. The van der Waals surface area contributed by atoms with Gasteiger partial charge in [-0.2, -0.15) is 4.31 Å². The summed E-state index contributed by atoms with van der Waals surface area (Å²) < 4.78 is 44.9. The number of sulfonamides is 1. The highest BCUT2D eigenvalue weighted by Gasteiger charge is 2.26. The lowest BCUT2D eigenvalue weighted by Crippen LogP contribution is -2.30. The molecular formula is C27H23Cl3N2O5S. The third-order valence-corrected chi connectivity index (χ3v) is 8.32. The number of methoxy groups -OCH3 is 2. The molecule has 0 bridgehead atoms. The molecule has 0 radical (unpaired) electrons. The lowest BCUT2D eigenvalue weighted by molar-refractivity contribution is 0.357. The Balaban J connectivity index is 1.60. The van der Waals surface area contributed by atoms with Gasteiger partial charge in [0.25, 0.3) is 0 Å². The fraction of sp³-hybridized carbons (Fsp3) is 0.148. The average Bonchev–Trinajstić information content (AvgIpc) is 3.36. The highest BCUT2D eigenvalue weighted by Crippen LogP contribution is 2.31. The van der Waals surface area contributed by atoms with Gasteiger partial charge in [-0.15, -0.1) is 0 Å². The second-order valence-electron chi connectivity index (χ2n) is 8.08. The summed E-state index contributed by atoms with van der Waals surface area (Å²) in [4.78, 5) is 4.53. The van der Waals surface area contributed by atoms with Crippen LogP contribution in [0.5, 0.6) is 11.5 Å². The number of hydrogen-bond acceptors (Lipinski definition) is 6. The quantitative estimate of drug-likeness (QED) is 0.179. The SMILES string of the molecule is COc1ccc(N=Cc2ccc(CN(Cc3ccc(Cl)c(Cl)c3)S(=O)(=O)c3ccc(Cl)cc3)o2)c(OC)c1. The molecule has 0 saturated carbocycles. The summed E-state index contributed by atoms with van der Waals surface area (Å²) in [5, 5.41) is 1.15. The molecule has 1 aromatic heterocycles. The molecule has 0 aliphatic heterocycles. The maximum Gasteiger partial charge on any atom is 0.243 e. The maximum atomic E-state index is 13.6. The summed E-state index contributed by atoms with van der Waals surface area (Å²) >= 11 is 18.2. The van der Waals surface area contributed by atoms with E-state index in [0.717, 1.165) is 0 Å². The minimum Gasteiger partial charge on any atom is -0.497 e. The summed E-state index contributed by atoms with van der Waals surface area (Å²) in [6.07, 6.45) is 1.53. The smallest absolute Gasteiger partial charge is 0.243 e. The van der Waals surface area contributed by atoms with Crippen molar-refractivity contribution < 1.29 is 22.3 Å². The van der Waals surface area contributed by atoms with Gasteiger partial charge in [0.05, 0.1) is 41.9 Å². The van der Waals surface area contributed by atoms with Crippen molar-refractivity contribution in [2.75, 3.05) is 14.2 Å². The zero-order chi connectivity index (χ0) is 27.3. The molecular weight excluding hydrogens is 571 g/mol. The van der Waals surface area contributed by atoms with Crippen molar-refractivity contribution in [1.82, 2.24) is 4.31 Å². The fourth-order valence-corrected chi connectivity index (χ4v) is 5.41. The first-order valence-corrected chi connectivity index (χ1v) is 13.8. The van der Waals surface area contributed by atoms with Crippen molar-refractivity contribution in [3.05, 3.63) is 105 Å². The van der Waals surface area contributed by atoms with Crippen LogP contribution in [-0.4, -0.2) is 33.2 Å². The summed E-state index contributed by atoms with van der Waals surface area (Å²) in [5.74, 6) is 2.04. The van der Waals surface area contributed by atoms with E-state index in [2.05, 4.69) is 4.99 Å². The molecule has 0 N–H and O–H groups in total. The standard InChI is InChI=1S/C27H23Cl3N2O5S/c1-35-20-8-12-26(27(14-20)36-2)31-15-21-6-7-22(37-21)17-32(16-18-3-11-24(29)25(30)13-18)38(33,34)23-9-4-19(28)5-10-23/h3-15H,16-17H2,1-2H3. The summed E-state index contributed by atoms with van der Waals surface area (Å²) in [7, 11) is -0.809. The molecule has 0 fully saturated rings. The monoisotopic (exact) mass is 592 g/mol. The Labute approximate surface area is 236 Å². The molecule has 0 spiro atoms. The van der Waals surface area contributed by atoms with Crippen LogP contribution in [0.25, 0.3) is 0 Å². The number of hydrogen-bond donors (Lipinski definition) is 0. The van der Waals surface area contributed by atoms with Crippen LogP contribution in [0.1, 0.15) is 17.1 Å². The Morgan fingerprint density at radius 2 is 1.63 bits per heavy atom. The van der Waals surface area contributed by atoms with E-state index in [4.69, 9.17) is 48.7 Å². The molecule has 0 atom stereocenters. The molecule has 198 valence electrons. The van der Waals surface area contributed by atoms with Crippen LogP contribution in [0.3, 0.4) is 0 Å². The molecule has 0 amide bonds. The van der Waals surface area contributed by atoms with E-state index in [-0.39, 0.29) is 18.0 Å². The van der Waals surface area contributed by atoms with Gasteiger partial charge in [-0.3, -0.25) is 0 Å². The topological polar surface area (TPSA) is 81.3 Å². The van der Waals surface area contributed by atoms with Gasteiger partial charge < -0.3 is 13.9 Å². The van der Waals surface area contributed by atoms with E-state index >= 15 is 0 Å². The van der Waals surface area contributed by atoms with Gasteiger partial charge >= 0.3 is 0 Å². The van der Waals surface area contributed by atoms with Crippen LogP contribution >= 0.6 is 34.8 Å². The summed E-state index contributed by atoms with van der Waals surface area (Å²) in [5.41, 5.74) is 1.25. The predicted octanol–water partition coefficient (Wildman–Crippen LogP) is 7.40. The highest BCUT2D eigenvalue weighted by molar-refractivity contribution is 7.89. The molecule has 4 rings (SSSR count). The zero-order valence-corrected chi connectivity index (χ0v) is 23.5. The highest BCUT2D eigenvalue weighted by atomic mass is 35.5. The van der Waals surface area contributed by atoms with Crippen LogP contribution in [0, 0.1) is 0 Å². The Kier molecular flexibility index (Phi) is 9.02. The number of halogens is 3. The predicted molar refractivity (Wildman–Crippen MR) is 150 cm³/mol. The zero-order valence-electron chi connectivity index (χ0n) is 20.4. The number of furan rings is 1. The molecule has 0 aliphatic carbocycles. The van der Waals surface area contributed by atoms with Crippen molar-refractivity contribution in [3.8, 4) is 11.5 Å². The van der Waals surface area contributed by atoms with Crippen LogP contribution in [0.4, 0.5) is 5.69 Å². The van der Waals surface area contributed by atoms with E-state index < -0.39 is 10.0 Å². The molecule has 4 aromatic rings. The molecule has 11 heteroatoms.